The van der Waals surface area contributed by atoms with Crippen LogP contribution in [0, 0.1) is 11.8 Å². The van der Waals surface area contributed by atoms with Crippen LogP contribution in [0.5, 0.6) is 0 Å². The standard InChI is InChI=1S/C10H19NO2/c1-8(2)3-4-10(13)11-5-9(6-11)7-12/h8-9,12H,3-7H2,1-2H3. The number of hydrogen-bond donors (Lipinski definition) is 1. The van der Waals surface area contributed by atoms with E-state index in [1.807, 2.05) is 4.90 Å². The Morgan fingerprint density at radius 1 is 1.54 bits per heavy atom. The predicted octanol–water partition coefficient (Wildman–Crippen LogP) is 0.873. The van der Waals surface area contributed by atoms with E-state index < -0.39 is 0 Å². The summed E-state index contributed by atoms with van der Waals surface area (Å²) in [4.78, 5) is 13.3. The SMILES string of the molecule is CC(C)CCC(=O)N1CC(CO)C1. The average molecular weight is 185 g/mol. The van der Waals surface area contributed by atoms with Crippen molar-refractivity contribution in [1.29, 1.82) is 0 Å². The van der Waals surface area contributed by atoms with Crippen molar-refractivity contribution >= 4 is 5.91 Å². The van der Waals surface area contributed by atoms with Crippen molar-refractivity contribution in [3.63, 3.8) is 0 Å². The largest absolute Gasteiger partial charge is 0.396 e. The van der Waals surface area contributed by atoms with E-state index >= 15 is 0 Å². The fourth-order valence-electron chi connectivity index (χ4n) is 1.46. The molecule has 0 aromatic heterocycles. The molecule has 1 rings (SSSR count). The smallest absolute Gasteiger partial charge is 0.222 e. The zero-order valence-corrected chi connectivity index (χ0v) is 8.49. The van der Waals surface area contributed by atoms with Crippen LogP contribution in [-0.2, 0) is 4.79 Å². The van der Waals surface area contributed by atoms with Gasteiger partial charge in [-0.05, 0) is 12.3 Å². The summed E-state index contributed by atoms with van der Waals surface area (Å²) in [5, 5.41) is 8.77. The first-order chi connectivity index (χ1) is 6.13. The van der Waals surface area contributed by atoms with E-state index in [9.17, 15) is 4.79 Å². The molecule has 0 aromatic carbocycles. The molecule has 3 nitrogen and oxygen atoms in total. The lowest BCUT2D eigenvalue weighted by Gasteiger charge is -2.38. The molecular formula is C10H19NO2. The van der Waals surface area contributed by atoms with Gasteiger partial charge >= 0.3 is 0 Å². The van der Waals surface area contributed by atoms with Gasteiger partial charge in [-0.1, -0.05) is 13.8 Å². The van der Waals surface area contributed by atoms with Gasteiger partial charge in [-0.3, -0.25) is 4.79 Å². The van der Waals surface area contributed by atoms with E-state index in [-0.39, 0.29) is 12.5 Å². The van der Waals surface area contributed by atoms with E-state index in [0.717, 1.165) is 19.5 Å². The van der Waals surface area contributed by atoms with Crippen LogP contribution in [0.15, 0.2) is 0 Å². The Morgan fingerprint density at radius 2 is 2.15 bits per heavy atom. The van der Waals surface area contributed by atoms with Gasteiger partial charge < -0.3 is 10.0 Å². The van der Waals surface area contributed by atoms with Crippen LogP contribution >= 0.6 is 0 Å². The lowest BCUT2D eigenvalue weighted by Crippen LogP contribution is -2.51. The van der Waals surface area contributed by atoms with Crippen LogP contribution in [0.2, 0.25) is 0 Å². The summed E-state index contributed by atoms with van der Waals surface area (Å²) in [5.41, 5.74) is 0. The highest BCUT2D eigenvalue weighted by molar-refractivity contribution is 5.76. The van der Waals surface area contributed by atoms with Gasteiger partial charge in [-0.15, -0.1) is 0 Å². The number of aliphatic hydroxyl groups excluding tert-OH is 1. The van der Waals surface area contributed by atoms with Gasteiger partial charge in [0.25, 0.3) is 0 Å². The molecule has 0 unspecified atom stereocenters. The minimum atomic E-state index is 0.216. The third kappa shape index (κ3) is 2.99. The van der Waals surface area contributed by atoms with Crippen molar-refractivity contribution in [1.82, 2.24) is 4.90 Å². The molecule has 1 heterocycles. The van der Waals surface area contributed by atoms with Crippen molar-refractivity contribution in [2.75, 3.05) is 19.7 Å². The second-order valence-electron chi connectivity index (χ2n) is 4.28. The molecule has 76 valence electrons. The molecule has 1 amide bonds. The first-order valence-corrected chi connectivity index (χ1v) is 5.02. The molecule has 0 aliphatic carbocycles. The van der Waals surface area contributed by atoms with Crippen molar-refractivity contribution < 1.29 is 9.90 Å². The highest BCUT2D eigenvalue weighted by atomic mass is 16.3. The van der Waals surface area contributed by atoms with Crippen LogP contribution in [-0.4, -0.2) is 35.6 Å². The first-order valence-electron chi connectivity index (χ1n) is 5.02. The quantitative estimate of drug-likeness (QED) is 0.706. The lowest BCUT2D eigenvalue weighted by molar-refractivity contribution is -0.138. The molecule has 0 saturated carbocycles. The Morgan fingerprint density at radius 3 is 2.62 bits per heavy atom. The maximum atomic E-state index is 11.4. The summed E-state index contributed by atoms with van der Waals surface area (Å²) < 4.78 is 0. The van der Waals surface area contributed by atoms with Crippen LogP contribution in [0.3, 0.4) is 0 Å². The molecule has 13 heavy (non-hydrogen) atoms. The molecule has 1 aliphatic heterocycles. The average Bonchev–Trinajstić information content (AvgIpc) is 1.99. The maximum Gasteiger partial charge on any atom is 0.222 e. The molecule has 0 radical (unpaired) electrons. The number of likely N-dealkylation sites (tertiary alicyclic amines) is 1. The zero-order valence-electron chi connectivity index (χ0n) is 8.49. The van der Waals surface area contributed by atoms with Gasteiger partial charge in [0, 0.05) is 32.0 Å². The number of rotatable bonds is 4. The number of hydrogen-bond acceptors (Lipinski definition) is 2. The summed E-state index contributed by atoms with van der Waals surface area (Å²) in [6.45, 7) is 5.98. The first kappa shape index (κ1) is 10.5. The molecule has 0 atom stereocenters. The minimum Gasteiger partial charge on any atom is -0.396 e. The van der Waals surface area contributed by atoms with Gasteiger partial charge in [0.15, 0.2) is 0 Å². The van der Waals surface area contributed by atoms with Crippen molar-refractivity contribution in [2.24, 2.45) is 11.8 Å². The molecule has 3 heteroatoms. The fourth-order valence-corrected chi connectivity index (χ4v) is 1.46. The Hall–Kier alpha value is -0.570. The number of carbonyl (C=O) groups is 1. The van der Waals surface area contributed by atoms with Gasteiger partial charge in [-0.2, -0.15) is 0 Å². The van der Waals surface area contributed by atoms with Gasteiger partial charge in [0.2, 0.25) is 5.91 Å². The Labute approximate surface area is 79.7 Å². The monoisotopic (exact) mass is 185 g/mol. The fraction of sp³-hybridized carbons (Fsp3) is 0.900. The third-order valence-electron chi connectivity index (χ3n) is 2.50. The molecule has 0 bridgehead atoms. The van der Waals surface area contributed by atoms with Crippen LogP contribution in [0.1, 0.15) is 26.7 Å². The summed E-state index contributed by atoms with van der Waals surface area (Å²) >= 11 is 0. The number of nitrogens with zero attached hydrogens (tertiary/aromatic N) is 1. The number of amides is 1. The Kier molecular flexibility index (Phi) is 3.72. The summed E-state index contributed by atoms with van der Waals surface area (Å²) in [6.07, 6.45) is 1.63. The molecular weight excluding hydrogens is 166 g/mol. The second-order valence-corrected chi connectivity index (χ2v) is 4.28. The zero-order chi connectivity index (χ0) is 9.84. The van der Waals surface area contributed by atoms with Crippen molar-refractivity contribution in [3.05, 3.63) is 0 Å². The Bertz CT molecular complexity index is 174. The predicted molar refractivity (Wildman–Crippen MR) is 51.2 cm³/mol. The normalized spacial score (nSPS) is 17.7. The van der Waals surface area contributed by atoms with E-state index in [4.69, 9.17) is 5.11 Å². The Balaban J connectivity index is 2.12. The van der Waals surface area contributed by atoms with E-state index in [1.54, 1.807) is 0 Å². The molecule has 1 saturated heterocycles. The molecule has 0 spiro atoms. The third-order valence-corrected chi connectivity index (χ3v) is 2.50. The summed E-state index contributed by atoms with van der Waals surface area (Å²) in [7, 11) is 0. The molecule has 1 N–H and O–H groups in total. The molecule has 1 aliphatic rings. The van der Waals surface area contributed by atoms with Gasteiger partial charge in [0.1, 0.15) is 0 Å². The van der Waals surface area contributed by atoms with E-state index in [0.29, 0.717) is 18.3 Å². The van der Waals surface area contributed by atoms with E-state index in [1.165, 1.54) is 0 Å². The second kappa shape index (κ2) is 4.61. The minimum absolute atomic E-state index is 0.216. The van der Waals surface area contributed by atoms with Gasteiger partial charge in [0.05, 0.1) is 0 Å². The molecule has 1 fully saturated rings. The topological polar surface area (TPSA) is 40.5 Å². The summed E-state index contributed by atoms with van der Waals surface area (Å²) in [6, 6.07) is 0. The number of aliphatic hydroxyl groups is 1. The van der Waals surface area contributed by atoms with Gasteiger partial charge in [-0.25, -0.2) is 0 Å². The highest BCUT2D eigenvalue weighted by Crippen LogP contribution is 2.17. The number of carbonyl (C=O) groups excluding carboxylic acids is 1. The van der Waals surface area contributed by atoms with Crippen molar-refractivity contribution in [3.8, 4) is 0 Å². The van der Waals surface area contributed by atoms with Crippen LogP contribution in [0.25, 0.3) is 0 Å². The maximum absolute atomic E-state index is 11.4. The van der Waals surface area contributed by atoms with E-state index in [2.05, 4.69) is 13.8 Å². The van der Waals surface area contributed by atoms with Crippen LogP contribution < -0.4 is 0 Å². The highest BCUT2D eigenvalue weighted by Gasteiger charge is 2.29. The summed E-state index contributed by atoms with van der Waals surface area (Å²) in [5.74, 6) is 1.18. The lowest BCUT2D eigenvalue weighted by atomic mass is 9.99. The molecule has 0 aromatic rings. The van der Waals surface area contributed by atoms with Crippen molar-refractivity contribution in [2.45, 2.75) is 26.7 Å². The van der Waals surface area contributed by atoms with Crippen LogP contribution in [0.4, 0.5) is 0 Å².